The summed E-state index contributed by atoms with van der Waals surface area (Å²) in [6, 6.07) is 0.157. The number of carboxylic acid groups (broad SMARTS) is 1. The Hall–Kier alpha value is -0.870. The zero-order valence-electron chi connectivity index (χ0n) is 9.35. The van der Waals surface area contributed by atoms with E-state index in [2.05, 4.69) is 11.5 Å². The Morgan fingerprint density at radius 1 is 1.73 bits per heavy atom. The standard InChI is InChI=1S/C11H19NO3/c1-4-8(3)12(5-2)10-7-15-6-9(10)11(13)14/h4,8-10H,1,5-7H2,2-3H3,(H,13,14). The molecule has 1 fully saturated rings. The molecule has 0 saturated carbocycles. The summed E-state index contributed by atoms with van der Waals surface area (Å²) >= 11 is 0. The Morgan fingerprint density at radius 2 is 2.40 bits per heavy atom. The van der Waals surface area contributed by atoms with Crippen molar-refractivity contribution in [3.63, 3.8) is 0 Å². The van der Waals surface area contributed by atoms with Crippen LogP contribution in [0.5, 0.6) is 0 Å². The van der Waals surface area contributed by atoms with E-state index in [0.29, 0.717) is 13.2 Å². The minimum Gasteiger partial charge on any atom is -0.481 e. The average molecular weight is 213 g/mol. The Bertz CT molecular complexity index is 242. The summed E-state index contributed by atoms with van der Waals surface area (Å²) in [4.78, 5) is 13.1. The quantitative estimate of drug-likeness (QED) is 0.692. The van der Waals surface area contributed by atoms with Crippen molar-refractivity contribution in [2.24, 2.45) is 5.92 Å². The third-order valence-electron chi connectivity index (χ3n) is 3.02. The van der Waals surface area contributed by atoms with Gasteiger partial charge in [-0.25, -0.2) is 0 Å². The van der Waals surface area contributed by atoms with Gasteiger partial charge in [-0.3, -0.25) is 9.69 Å². The first-order chi connectivity index (χ1) is 7.11. The third-order valence-corrected chi connectivity index (χ3v) is 3.02. The molecule has 0 aromatic rings. The average Bonchev–Trinajstić information content (AvgIpc) is 2.67. The minimum absolute atomic E-state index is 0.0273. The molecule has 1 saturated heterocycles. The maximum atomic E-state index is 11.0. The van der Waals surface area contributed by atoms with Gasteiger partial charge in [-0.1, -0.05) is 13.0 Å². The molecule has 1 aliphatic rings. The molecule has 0 bridgehead atoms. The Labute approximate surface area is 90.5 Å². The first kappa shape index (κ1) is 12.2. The van der Waals surface area contributed by atoms with Gasteiger partial charge in [0, 0.05) is 12.1 Å². The maximum Gasteiger partial charge on any atom is 0.310 e. The topological polar surface area (TPSA) is 49.8 Å². The largest absolute Gasteiger partial charge is 0.481 e. The van der Waals surface area contributed by atoms with Gasteiger partial charge in [-0.05, 0) is 13.5 Å². The van der Waals surface area contributed by atoms with Crippen LogP contribution in [0.15, 0.2) is 12.7 Å². The van der Waals surface area contributed by atoms with E-state index in [-0.39, 0.29) is 12.1 Å². The van der Waals surface area contributed by atoms with Crippen LogP contribution in [0.1, 0.15) is 13.8 Å². The fraction of sp³-hybridized carbons (Fsp3) is 0.727. The molecule has 3 atom stereocenters. The van der Waals surface area contributed by atoms with Crippen molar-refractivity contribution in [2.75, 3.05) is 19.8 Å². The predicted octanol–water partition coefficient (Wildman–Crippen LogP) is 0.982. The van der Waals surface area contributed by atoms with Crippen molar-refractivity contribution in [1.29, 1.82) is 0 Å². The molecule has 1 aliphatic heterocycles. The summed E-state index contributed by atoms with van der Waals surface area (Å²) in [5.41, 5.74) is 0. The van der Waals surface area contributed by atoms with Crippen molar-refractivity contribution < 1.29 is 14.6 Å². The first-order valence-corrected chi connectivity index (χ1v) is 5.30. The second kappa shape index (κ2) is 5.28. The van der Waals surface area contributed by atoms with Crippen molar-refractivity contribution in [3.8, 4) is 0 Å². The van der Waals surface area contributed by atoms with E-state index in [4.69, 9.17) is 9.84 Å². The van der Waals surface area contributed by atoms with Crippen molar-refractivity contribution in [2.45, 2.75) is 25.9 Å². The summed E-state index contributed by atoms with van der Waals surface area (Å²) in [7, 11) is 0. The van der Waals surface area contributed by atoms with Crippen LogP contribution in [0.25, 0.3) is 0 Å². The molecule has 0 spiro atoms. The van der Waals surface area contributed by atoms with Gasteiger partial charge in [-0.15, -0.1) is 6.58 Å². The Kier molecular flexibility index (Phi) is 4.29. The lowest BCUT2D eigenvalue weighted by Gasteiger charge is -2.32. The van der Waals surface area contributed by atoms with E-state index in [1.807, 2.05) is 19.9 Å². The van der Waals surface area contributed by atoms with Gasteiger partial charge in [0.05, 0.1) is 19.1 Å². The number of rotatable bonds is 5. The zero-order valence-corrected chi connectivity index (χ0v) is 9.35. The molecule has 1 rings (SSSR count). The second-order valence-electron chi connectivity index (χ2n) is 3.86. The van der Waals surface area contributed by atoms with Crippen LogP contribution in [0, 0.1) is 5.92 Å². The number of likely N-dealkylation sites (N-methyl/N-ethyl adjacent to an activating group) is 1. The number of carboxylic acids is 1. The first-order valence-electron chi connectivity index (χ1n) is 5.30. The van der Waals surface area contributed by atoms with Crippen molar-refractivity contribution >= 4 is 5.97 Å². The normalized spacial score (nSPS) is 27.9. The number of carbonyl (C=O) groups is 1. The monoisotopic (exact) mass is 213 g/mol. The molecule has 0 aromatic carbocycles. The molecule has 4 nitrogen and oxygen atoms in total. The molecule has 0 amide bonds. The molecule has 15 heavy (non-hydrogen) atoms. The molecule has 0 aromatic heterocycles. The number of hydrogen-bond donors (Lipinski definition) is 1. The van der Waals surface area contributed by atoms with Crippen LogP contribution in [0.3, 0.4) is 0 Å². The lowest BCUT2D eigenvalue weighted by Crippen LogP contribution is -2.46. The lowest BCUT2D eigenvalue weighted by molar-refractivity contribution is -0.143. The van der Waals surface area contributed by atoms with E-state index in [1.54, 1.807) is 0 Å². The van der Waals surface area contributed by atoms with Crippen LogP contribution in [-0.2, 0) is 9.53 Å². The molecule has 0 radical (unpaired) electrons. The highest BCUT2D eigenvalue weighted by molar-refractivity contribution is 5.71. The number of hydrogen-bond acceptors (Lipinski definition) is 3. The number of nitrogens with zero attached hydrogens (tertiary/aromatic N) is 1. The minimum atomic E-state index is -0.771. The Balaban J connectivity index is 2.74. The van der Waals surface area contributed by atoms with Crippen LogP contribution in [0.2, 0.25) is 0 Å². The summed E-state index contributed by atoms with van der Waals surface area (Å²) in [5, 5.41) is 9.05. The predicted molar refractivity (Wildman–Crippen MR) is 57.8 cm³/mol. The van der Waals surface area contributed by atoms with Crippen molar-refractivity contribution in [3.05, 3.63) is 12.7 Å². The summed E-state index contributed by atoms with van der Waals surface area (Å²) in [6.07, 6.45) is 1.83. The van der Waals surface area contributed by atoms with Gasteiger partial charge in [0.15, 0.2) is 0 Å². The van der Waals surface area contributed by atoms with Gasteiger partial charge in [0.2, 0.25) is 0 Å². The van der Waals surface area contributed by atoms with Crippen LogP contribution >= 0.6 is 0 Å². The van der Waals surface area contributed by atoms with Crippen molar-refractivity contribution in [1.82, 2.24) is 4.90 Å². The summed E-state index contributed by atoms with van der Waals surface area (Å²) in [6.45, 7) is 9.42. The molecule has 1 heterocycles. The van der Waals surface area contributed by atoms with Crippen LogP contribution in [0.4, 0.5) is 0 Å². The molecule has 3 unspecified atom stereocenters. The van der Waals surface area contributed by atoms with Gasteiger partial charge in [0.1, 0.15) is 0 Å². The highest BCUT2D eigenvalue weighted by atomic mass is 16.5. The summed E-state index contributed by atoms with van der Waals surface area (Å²) < 4.78 is 5.25. The molecular formula is C11H19NO3. The van der Waals surface area contributed by atoms with Gasteiger partial charge < -0.3 is 9.84 Å². The van der Waals surface area contributed by atoms with Gasteiger partial charge in [0.25, 0.3) is 0 Å². The highest BCUT2D eigenvalue weighted by Crippen LogP contribution is 2.22. The van der Waals surface area contributed by atoms with Crippen LogP contribution < -0.4 is 0 Å². The fourth-order valence-corrected chi connectivity index (χ4v) is 2.07. The SMILES string of the molecule is C=CC(C)N(CC)C1COCC1C(=O)O. The van der Waals surface area contributed by atoms with E-state index < -0.39 is 11.9 Å². The number of aliphatic carboxylic acids is 1. The summed E-state index contributed by atoms with van der Waals surface area (Å²) in [5.74, 6) is -1.18. The lowest BCUT2D eigenvalue weighted by atomic mass is 10.0. The smallest absolute Gasteiger partial charge is 0.310 e. The van der Waals surface area contributed by atoms with Gasteiger partial charge >= 0.3 is 5.97 Å². The third kappa shape index (κ3) is 2.58. The highest BCUT2D eigenvalue weighted by Gasteiger charge is 2.38. The second-order valence-corrected chi connectivity index (χ2v) is 3.86. The maximum absolute atomic E-state index is 11.0. The zero-order chi connectivity index (χ0) is 11.4. The Morgan fingerprint density at radius 3 is 2.87 bits per heavy atom. The molecule has 86 valence electrons. The molecule has 4 heteroatoms. The van der Waals surface area contributed by atoms with E-state index in [0.717, 1.165) is 6.54 Å². The molecule has 0 aliphatic carbocycles. The van der Waals surface area contributed by atoms with E-state index >= 15 is 0 Å². The molecular weight excluding hydrogens is 194 g/mol. The van der Waals surface area contributed by atoms with E-state index in [9.17, 15) is 4.79 Å². The van der Waals surface area contributed by atoms with Gasteiger partial charge in [-0.2, -0.15) is 0 Å². The van der Waals surface area contributed by atoms with E-state index in [1.165, 1.54) is 0 Å². The fourth-order valence-electron chi connectivity index (χ4n) is 2.07. The number of ether oxygens (including phenoxy) is 1. The van der Waals surface area contributed by atoms with Crippen LogP contribution in [-0.4, -0.2) is 47.8 Å². The molecule has 1 N–H and O–H groups in total.